The van der Waals surface area contributed by atoms with E-state index in [9.17, 15) is 0 Å². The minimum Gasteiger partial charge on any atom is -0.425 e. The van der Waals surface area contributed by atoms with E-state index in [1.54, 1.807) is 0 Å². The van der Waals surface area contributed by atoms with Gasteiger partial charge in [0.2, 0.25) is 11.8 Å². The van der Waals surface area contributed by atoms with Crippen molar-refractivity contribution in [1.82, 2.24) is 10.2 Å². The Hall–Kier alpha value is -0.860. The molecular formula is C12H22N2O. The fourth-order valence-corrected chi connectivity index (χ4v) is 1.34. The highest BCUT2D eigenvalue weighted by atomic mass is 16.4. The summed E-state index contributed by atoms with van der Waals surface area (Å²) in [7, 11) is 0. The van der Waals surface area contributed by atoms with Gasteiger partial charge in [-0.2, -0.15) is 0 Å². The predicted molar refractivity (Wildman–Crippen MR) is 60.6 cm³/mol. The molecule has 0 bridgehead atoms. The summed E-state index contributed by atoms with van der Waals surface area (Å²) < 4.78 is 5.61. The average molecular weight is 210 g/mol. The Morgan fingerprint density at radius 2 is 1.13 bits per heavy atom. The van der Waals surface area contributed by atoms with Crippen molar-refractivity contribution in [2.24, 2.45) is 10.8 Å². The first-order chi connectivity index (χ1) is 6.66. The number of nitrogens with zero attached hydrogens (tertiary/aromatic N) is 2. The molecule has 0 spiro atoms. The van der Waals surface area contributed by atoms with Crippen LogP contribution in [-0.2, 0) is 12.8 Å². The largest absolute Gasteiger partial charge is 0.425 e. The molecule has 86 valence electrons. The third kappa shape index (κ3) is 4.96. The van der Waals surface area contributed by atoms with E-state index in [4.69, 9.17) is 4.42 Å². The van der Waals surface area contributed by atoms with Gasteiger partial charge in [0.25, 0.3) is 0 Å². The second-order valence-electron chi connectivity index (χ2n) is 6.56. The van der Waals surface area contributed by atoms with Crippen molar-refractivity contribution >= 4 is 0 Å². The SMILES string of the molecule is CC(C)(C)Cc1nnc(CC(C)(C)C)o1. The van der Waals surface area contributed by atoms with E-state index in [1.165, 1.54) is 0 Å². The Balaban J connectivity index is 2.65. The highest BCUT2D eigenvalue weighted by molar-refractivity contribution is 4.88. The van der Waals surface area contributed by atoms with Crippen LogP contribution < -0.4 is 0 Å². The fraction of sp³-hybridized carbons (Fsp3) is 0.833. The first-order valence-electron chi connectivity index (χ1n) is 5.47. The molecule has 3 heteroatoms. The summed E-state index contributed by atoms with van der Waals surface area (Å²) in [6, 6.07) is 0. The Morgan fingerprint density at radius 3 is 1.40 bits per heavy atom. The van der Waals surface area contributed by atoms with E-state index in [1.807, 2.05) is 0 Å². The highest BCUT2D eigenvalue weighted by Crippen LogP contribution is 2.22. The quantitative estimate of drug-likeness (QED) is 0.752. The van der Waals surface area contributed by atoms with Crippen molar-refractivity contribution < 1.29 is 4.42 Å². The van der Waals surface area contributed by atoms with Crippen molar-refractivity contribution in [3.05, 3.63) is 11.8 Å². The van der Waals surface area contributed by atoms with Crippen LogP contribution in [0.1, 0.15) is 53.3 Å². The summed E-state index contributed by atoms with van der Waals surface area (Å²) in [6.45, 7) is 13.0. The minimum atomic E-state index is 0.200. The van der Waals surface area contributed by atoms with Crippen molar-refractivity contribution in [1.29, 1.82) is 0 Å². The van der Waals surface area contributed by atoms with Gasteiger partial charge >= 0.3 is 0 Å². The van der Waals surface area contributed by atoms with Gasteiger partial charge in [0.1, 0.15) is 0 Å². The maximum atomic E-state index is 5.61. The topological polar surface area (TPSA) is 38.9 Å². The van der Waals surface area contributed by atoms with E-state index >= 15 is 0 Å². The number of aromatic nitrogens is 2. The van der Waals surface area contributed by atoms with E-state index in [2.05, 4.69) is 51.7 Å². The van der Waals surface area contributed by atoms with Crippen molar-refractivity contribution in [2.75, 3.05) is 0 Å². The zero-order chi connectivity index (χ0) is 11.7. The van der Waals surface area contributed by atoms with Crippen LogP contribution in [0.25, 0.3) is 0 Å². The Kier molecular flexibility index (Phi) is 3.22. The molecule has 0 radical (unpaired) electrons. The first kappa shape index (κ1) is 12.2. The fourth-order valence-electron chi connectivity index (χ4n) is 1.34. The molecule has 0 N–H and O–H groups in total. The zero-order valence-corrected chi connectivity index (χ0v) is 10.7. The van der Waals surface area contributed by atoms with Crippen LogP contribution in [0.15, 0.2) is 4.42 Å². The number of rotatable bonds is 2. The molecule has 0 atom stereocenters. The summed E-state index contributed by atoms with van der Waals surface area (Å²) in [5.41, 5.74) is 0.400. The molecule has 0 amide bonds. The lowest BCUT2D eigenvalue weighted by atomic mass is 9.92. The van der Waals surface area contributed by atoms with Gasteiger partial charge in [0, 0.05) is 12.8 Å². The molecule has 0 aliphatic heterocycles. The second-order valence-corrected chi connectivity index (χ2v) is 6.56. The van der Waals surface area contributed by atoms with Gasteiger partial charge in [-0.1, -0.05) is 41.5 Å². The molecule has 0 aliphatic carbocycles. The van der Waals surface area contributed by atoms with E-state index in [0.717, 1.165) is 24.6 Å². The molecule has 0 saturated carbocycles. The molecule has 0 saturated heterocycles. The van der Waals surface area contributed by atoms with Crippen LogP contribution in [0.2, 0.25) is 0 Å². The normalized spacial score (nSPS) is 13.2. The van der Waals surface area contributed by atoms with Crippen molar-refractivity contribution in [3.8, 4) is 0 Å². The van der Waals surface area contributed by atoms with Crippen LogP contribution in [-0.4, -0.2) is 10.2 Å². The van der Waals surface area contributed by atoms with Gasteiger partial charge in [-0.15, -0.1) is 10.2 Å². The number of hydrogen-bond donors (Lipinski definition) is 0. The van der Waals surface area contributed by atoms with Crippen LogP contribution in [0.4, 0.5) is 0 Å². The summed E-state index contributed by atoms with van der Waals surface area (Å²) >= 11 is 0. The molecule has 1 aromatic heterocycles. The molecule has 0 aromatic carbocycles. The first-order valence-corrected chi connectivity index (χ1v) is 5.47. The van der Waals surface area contributed by atoms with Gasteiger partial charge in [0.15, 0.2) is 0 Å². The summed E-state index contributed by atoms with van der Waals surface area (Å²) in [4.78, 5) is 0. The molecule has 15 heavy (non-hydrogen) atoms. The summed E-state index contributed by atoms with van der Waals surface area (Å²) in [5, 5.41) is 8.14. The van der Waals surface area contributed by atoms with Gasteiger partial charge < -0.3 is 4.42 Å². The number of hydrogen-bond acceptors (Lipinski definition) is 3. The molecule has 0 unspecified atom stereocenters. The van der Waals surface area contributed by atoms with Gasteiger partial charge in [0.05, 0.1) is 0 Å². The monoisotopic (exact) mass is 210 g/mol. The maximum Gasteiger partial charge on any atom is 0.217 e. The third-order valence-electron chi connectivity index (χ3n) is 1.87. The Morgan fingerprint density at radius 1 is 0.800 bits per heavy atom. The zero-order valence-electron chi connectivity index (χ0n) is 10.7. The lowest BCUT2D eigenvalue weighted by molar-refractivity contribution is 0.318. The van der Waals surface area contributed by atoms with Gasteiger partial charge in [-0.3, -0.25) is 0 Å². The molecule has 1 rings (SSSR count). The van der Waals surface area contributed by atoms with Crippen molar-refractivity contribution in [3.63, 3.8) is 0 Å². The molecule has 3 nitrogen and oxygen atoms in total. The molecule has 0 aliphatic rings. The second kappa shape index (κ2) is 3.95. The molecule has 1 heterocycles. The van der Waals surface area contributed by atoms with Gasteiger partial charge in [-0.25, -0.2) is 0 Å². The van der Waals surface area contributed by atoms with E-state index in [0.29, 0.717) is 0 Å². The summed E-state index contributed by atoms with van der Waals surface area (Å²) in [6.07, 6.45) is 1.67. The maximum absolute atomic E-state index is 5.61. The molecule has 1 aromatic rings. The van der Waals surface area contributed by atoms with Crippen LogP contribution in [0.3, 0.4) is 0 Å². The standard InChI is InChI=1S/C12H22N2O/c1-11(2,3)7-9-13-14-10(15-9)8-12(4,5)6/h7-8H2,1-6H3. The predicted octanol–water partition coefficient (Wildman–Crippen LogP) is 3.25. The highest BCUT2D eigenvalue weighted by Gasteiger charge is 2.19. The third-order valence-corrected chi connectivity index (χ3v) is 1.87. The Labute approximate surface area is 92.3 Å². The smallest absolute Gasteiger partial charge is 0.217 e. The van der Waals surface area contributed by atoms with Crippen LogP contribution >= 0.6 is 0 Å². The molecule has 0 fully saturated rings. The Bertz CT molecular complexity index is 285. The minimum absolute atomic E-state index is 0.200. The van der Waals surface area contributed by atoms with Crippen molar-refractivity contribution in [2.45, 2.75) is 54.4 Å². The van der Waals surface area contributed by atoms with E-state index < -0.39 is 0 Å². The van der Waals surface area contributed by atoms with Crippen LogP contribution in [0, 0.1) is 10.8 Å². The lowest BCUT2D eigenvalue weighted by Gasteiger charge is -2.15. The average Bonchev–Trinajstić information content (AvgIpc) is 2.28. The lowest BCUT2D eigenvalue weighted by Crippen LogP contribution is -2.09. The van der Waals surface area contributed by atoms with Gasteiger partial charge in [-0.05, 0) is 10.8 Å². The van der Waals surface area contributed by atoms with E-state index in [-0.39, 0.29) is 10.8 Å². The van der Waals surface area contributed by atoms with Crippen LogP contribution in [0.5, 0.6) is 0 Å². The molecular weight excluding hydrogens is 188 g/mol. The summed E-state index contributed by atoms with van der Waals surface area (Å²) in [5.74, 6) is 1.50.